The maximum absolute atomic E-state index is 13.4. The molecule has 0 aliphatic heterocycles. The van der Waals surface area contributed by atoms with Crippen molar-refractivity contribution < 1.29 is 9.50 Å². The molecule has 0 fully saturated rings. The van der Waals surface area contributed by atoms with Gasteiger partial charge in [0.15, 0.2) is 0 Å². The third-order valence-corrected chi connectivity index (χ3v) is 2.27. The summed E-state index contributed by atoms with van der Waals surface area (Å²) >= 11 is 0. The Kier molecular flexibility index (Phi) is 2.57. The molecule has 0 unspecified atom stereocenters. The van der Waals surface area contributed by atoms with Gasteiger partial charge in [-0.15, -0.1) is 0 Å². The van der Waals surface area contributed by atoms with Crippen molar-refractivity contribution in [2.75, 3.05) is 0 Å². The number of nitriles is 1. The fraction of sp³-hybridized carbons (Fsp3) is 0. The zero-order chi connectivity index (χ0) is 11.5. The van der Waals surface area contributed by atoms with Crippen LogP contribution in [0.4, 0.5) is 4.39 Å². The average molecular weight is 213 g/mol. The van der Waals surface area contributed by atoms with Crippen molar-refractivity contribution in [1.82, 2.24) is 0 Å². The Morgan fingerprint density at radius 2 is 1.81 bits per heavy atom. The Labute approximate surface area is 92.2 Å². The predicted octanol–water partition coefficient (Wildman–Crippen LogP) is 3.07. The molecule has 16 heavy (non-hydrogen) atoms. The minimum atomic E-state index is -0.552. The maximum atomic E-state index is 13.4. The molecule has 2 aromatic carbocycles. The van der Waals surface area contributed by atoms with E-state index in [9.17, 15) is 9.50 Å². The average Bonchev–Trinajstić information content (AvgIpc) is 2.29. The van der Waals surface area contributed by atoms with Gasteiger partial charge < -0.3 is 5.11 Å². The lowest BCUT2D eigenvalue weighted by molar-refractivity contribution is 0.475. The minimum absolute atomic E-state index is 0.0175. The highest BCUT2D eigenvalue weighted by Gasteiger charge is 2.04. The zero-order valence-corrected chi connectivity index (χ0v) is 8.31. The molecule has 0 saturated carbocycles. The van der Waals surface area contributed by atoms with E-state index in [1.807, 2.05) is 0 Å². The largest absolute Gasteiger partial charge is 0.508 e. The Balaban J connectivity index is 2.50. The second-order valence-electron chi connectivity index (χ2n) is 3.36. The van der Waals surface area contributed by atoms with E-state index in [1.165, 1.54) is 12.1 Å². The summed E-state index contributed by atoms with van der Waals surface area (Å²) in [7, 11) is 0. The van der Waals surface area contributed by atoms with E-state index < -0.39 is 5.82 Å². The van der Waals surface area contributed by atoms with E-state index in [2.05, 4.69) is 0 Å². The second kappa shape index (κ2) is 4.03. The third-order valence-electron chi connectivity index (χ3n) is 2.27. The Hall–Kier alpha value is -2.34. The van der Waals surface area contributed by atoms with Gasteiger partial charge in [0.25, 0.3) is 0 Å². The zero-order valence-electron chi connectivity index (χ0n) is 8.31. The van der Waals surface area contributed by atoms with Crippen molar-refractivity contribution in [2.45, 2.75) is 0 Å². The fourth-order valence-corrected chi connectivity index (χ4v) is 1.47. The van der Waals surface area contributed by atoms with Gasteiger partial charge in [-0.3, -0.25) is 0 Å². The topological polar surface area (TPSA) is 44.0 Å². The molecule has 0 radical (unpaired) electrons. The van der Waals surface area contributed by atoms with Crippen LogP contribution in [0.1, 0.15) is 5.56 Å². The smallest absolute Gasteiger partial charge is 0.141 e. The van der Waals surface area contributed by atoms with Crippen molar-refractivity contribution in [1.29, 1.82) is 5.26 Å². The van der Waals surface area contributed by atoms with Crippen molar-refractivity contribution >= 4 is 0 Å². The first-order chi connectivity index (χ1) is 7.70. The summed E-state index contributed by atoms with van der Waals surface area (Å²) in [6, 6.07) is 12.7. The first kappa shape index (κ1) is 10.2. The number of benzene rings is 2. The molecule has 2 nitrogen and oxygen atoms in total. The summed E-state index contributed by atoms with van der Waals surface area (Å²) in [5, 5.41) is 17.9. The number of nitrogens with zero attached hydrogens (tertiary/aromatic N) is 1. The number of halogens is 1. The van der Waals surface area contributed by atoms with Crippen LogP contribution in [0.2, 0.25) is 0 Å². The molecule has 0 aliphatic rings. The van der Waals surface area contributed by atoms with Crippen LogP contribution in [0.3, 0.4) is 0 Å². The predicted molar refractivity (Wildman–Crippen MR) is 58.2 cm³/mol. The number of phenols is 1. The van der Waals surface area contributed by atoms with Gasteiger partial charge >= 0.3 is 0 Å². The molecule has 78 valence electrons. The van der Waals surface area contributed by atoms with Gasteiger partial charge in [0.2, 0.25) is 0 Å². The molecule has 0 heterocycles. The lowest BCUT2D eigenvalue weighted by Crippen LogP contribution is -1.85. The first-order valence-electron chi connectivity index (χ1n) is 4.70. The highest BCUT2D eigenvalue weighted by Crippen LogP contribution is 2.24. The van der Waals surface area contributed by atoms with E-state index in [-0.39, 0.29) is 11.3 Å². The Morgan fingerprint density at radius 1 is 1.06 bits per heavy atom. The van der Waals surface area contributed by atoms with E-state index in [0.717, 1.165) is 0 Å². The summed E-state index contributed by atoms with van der Waals surface area (Å²) in [6.45, 7) is 0. The first-order valence-corrected chi connectivity index (χ1v) is 4.70. The van der Waals surface area contributed by atoms with Crippen LogP contribution in [-0.4, -0.2) is 5.11 Å². The van der Waals surface area contributed by atoms with Crippen LogP contribution < -0.4 is 0 Å². The van der Waals surface area contributed by atoms with Gasteiger partial charge in [0.05, 0.1) is 5.56 Å². The van der Waals surface area contributed by atoms with Gasteiger partial charge in [-0.2, -0.15) is 5.26 Å². The third kappa shape index (κ3) is 1.86. The van der Waals surface area contributed by atoms with Gasteiger partial charge in [0, 0.05) is 0 Å². The summed E-state index contributed by atoms with van der Waals surface area (Å²) in [6.07, 6.45) is 0. The van der Waals surface area contributed by atoms with Crippen LogP contribution in [-0.2, 0) is 0 Å². The molecule has 0 bridgehead atoms. The van der Waals surface area contributed by atoms with Crippen molar-refractivity contribution in [3.05, 3.63) is 53.8 Å². The standard InChI is InChI=1S/C13H8FNO/c14-13-7-10(4-5-11(13)8-15)9-2-1-3-12(16)6-9/h1-7,16H. The summed E-state index contributed by atoms with van der Waals surface area (Å²) in [4.78, 5) is 0. The number of phenolic OH excluding ortho intramolecular Hbond substituents is 1. The molecule has 2 rings (SSSR count). The van der Waals surface area contributed by atoms with Gasteiger partial charge in [0.1, 0.15) is 17.6 Å². The number of rotatable bonds is 1. The summed E-state index contributed by atoms with van der Waals surface area (Å²) in [5.74, 6) is -0.425. The van der Waals surface area contributed by atoms with Crippen LogP contribution in [0.5, 0.6) is 5.75 Å². The lowest BCUT2D eigenvalue weighted by Gasteiger charge is -2.03. The van der Waals surface area contributed by atoms with Gasteiger partial charge in [-0.25, -0.2) is 4.39 Å². The Morgan fingerprint density at radius 3 is 2.44 bits per heavy atom. The van der Waals surface area contributed by atoms with Crippen molar-refractivity contribution in [3.63, 3.8) is 0 Å². The molecule has 2 aromatic rings. The Bertz CT molecular complexity index is 572. The lowest BCUT2D eigenvalue weighted by atomic mass is 10.0. The molecule has 3 heteroatoms. The SMILES string of the molecule is N#Cc1ccc(-c2cccc(O)c2)cc1F. The number of aromatic hydroxyl groups is 1. The highest BCUT2D eigenvalue weighted by atomic mass is 19.1. The molecule has 0 saturated heterocycles. The molecule has 0 atom stereocenters. The van der Waals surface area contributed by atoms with Crippen LogP contribution in [0.15, 0.2) is 42.5 Å². The van der Waals surface area contributed by atoms with Gasteiger partial charge in [-0.05, 0) is 35.4 Å². The molecule has 1 N–H and O–H groups in total. The van der Waals surface area contributed by atoms with E-state index in [1.54, 1.807) is 36.4 Å². The van der Waals surface area contributed by atoms with Crippen LogP contribution in [0, 0.1) is 17.1 Å². The number of hydrogen-bond acceptors (Lipinski definition) is 2. The summed E-state index contributed by atoms with van der Waals surface area (Å²) < 4.78 is 13.4. The fourth-order valence-electron chi connectivity index (χ4n) is 1.47. The molecule has 0 amide bonds. The van der Waals surface area contributed by atoms with Crippen LogP contribution >= 0.6 is 0 Å². The summed E-state index contributed by atoms with van der Waals surface area (Å²) in [5.41, 5.74) is 1.36. The molecule has 0 spiro atoms. The number of hydrogen-bond donors (Lipinski definition) is 1. The second-order valence-corrected chi connectivity index (χ2v) is 3.36. The van der Waals surface area contributed by atoms with E-state index in [0.29, 0.717) is 11.1 Å². The quantitative estimate of drug-likeness (QED) is 0.791. The molecule has 0 aromatic heterocycles. The van der Waals surface area contributed by atoms with E-state index in [4.69, 9.17) is 5.26 Å². The monoisotopic (exact) mass is 213 g/mol. The van der Waals surface area contributed by atoms with Gasteiger partial charge in [-0.1, -0.05) is 18.2 Å². The van der Waals surface area contributed by atoms with E-state index >= 15 is 0 Å². The van der Waals surface area contributed by atoms with Crippen molar-refractivity contribution in [3.8, 4) is 22.9 Å². The molecular formula is C13H8FNO. The molecule has 0 aliphatic carbocycles. The normalized spacial score (nSPS) is 9.75. The molecular weight excluding hydrogens is 205 g/mol. The maximum Gasteiger partial charge on any atom is 0.141 e. The van der Waals surface area contributed by atoms with Crippen molar-refractivity contribution in [2.24, 2.45) is 0 Å². The van der Waals surface area contributed by atoms with Crippen LogP contribution in [0.25, 0.3) is 11.1 Å². The highest BCUT2D eigenvalue weighted by molar-refractivity contribution is 5.65. The minimum Gasteiger partial charge on any atom is -0.508 e.